The van der Waals surface area contributed by atoms with Crippen LogP contribution in [0.1, 0.15) is 26.7 Å². The maximum Gasteiger partial charge on any atom is 0.322 e. The van der Waals surface area contributed by atoms with Crippen molar-refractivity contribution < 1.29 is 14.6 Å². The van der Waals surface area contributed by atoms with Gasteiger partial charge in [-0.1, -0.05) is 13.8 Å². The van der Waals surface area contributed by atoms with Crippen molar-refractivity contribution in [3.8, 4) is 0 Å². The lowest BCUT2D eigenvalue weighted by molar-refractivity contribution is -0.140. The second-order valence-electron chi connectivity index (χ2n) is 5.52. The molecule has 1 fully saturated rings. The van der Waals surface area contributed by atoms with Gasteiger partial charge in [0.1, 0.15) is 6.04 Å². The van der Waals surface area contributed by atoms with E-state index in [4.69, 9.17) is 9.84 Å². The summed E-state index contributed by atoms with van der Waals surface area (Å²) < 4.78 is 5.44. The highest BCUT2D eigenvalue weighted by molar-refractivity contribution is 5.73. The third-order valence-corrected chi connectivity index (χ3v) is 3.15. The minimum Gasteiger partial charge on any atom is -0.480 e. The van der Waals surface area contributed by atoms with Gasteiger partial charge in [-0.3, -0.25) is 4.79 Å². The normalized spacial score (nSPS) is 22.4. The van der Waals surface area contributed by atoms with Crippen molar-refractivity contribution in [1.82, 2.24) is 10.2 Å². The van der Waals surface area contributed by atoms with Crippen LogP contribution in [0.5, 0.6) is 0 Å². The molecule has 0 aromatic carbocycles. The molecule has 1 aliphatic rings. The van der Waals surface area contributed by atoms with Gasteiger partial charge in [-0.25, -0.2) is 0 Å². The van der Waals surface area contributed by atoms with Gasteiger partial charge in [0.25, 0.3) is 0 Å². The van der Waals surface area contributed by atoms with Gasteiger partial charge in [-0.05, 0) is 25.8 Å². The summed E-state index contributed by atoms with van der Waals surface area (Å²) in [7, 11) is 1.98. The molecule has 0 aromatic heterocycles. The van der Waals surface area contributed by atoms with Crippen LogP contribution in [-0.2, 0) is 9.53 Å². The smallest absolute Gasteiger partial charge is 0.322 e. The van der Waals surface area contributed by atoms with Crippen molar-refractivity contribution in [3.63, 3.8) is 0 Å². The molecule has 18 heavy (non-hydrogen) atoms. The van der Waals surface area contributed by atoms with Gasteiger partial charge in [0, 0.05) is 25.7 Å². The number of carboxylic acid groups (broad SMARTS) is 1. The Kier molecular flexibility index (Phi) is 6.60. The lowest BCUT2D eigenvalue weighted by atomic mass is 10.0. The van der Waals surface area contributed by atoms with Gasteiger partial charge < -0.3 is 20.1 Å². The van der Waals surface area contributed by atoms with Crippen LogP contribution < -0.4 is 5.32 Å². The average molecular weight is 258 g/mol. The Bertz CT molecular complexity index is 253. The predicted molar refractivity (Wildman–Crippen MR) is 70.7 cm³/mol. The number of hydrogen-bond acceptors (Lipinski definition) is 4. The second kappa shape index (κ2) is 7.71. The molecular formula is C13H26N2O3. The topological polar surface area (TPSA) is 61.8 Å². The lowest BCUT2D eigenvalue weighted by Crippen LogP contribution is -2.48. The molecule has 1 aliphatic heterocycles. The molecule has 2 atom stereocenters. The Balaban J connectivity index is 2.35. The van der Waals surface area contributed by atoms with Crippen LogP contribution in [0.15, 0.2) is 0 Å². The van der Waals surface area contributed by atoms with E-state index in [1.807, 2.05) is 20.9 Å². The van der Waals surface area contributed by atoms with Crippen molar-refractivity contribution >= 4 is 5.97 Å². The minimum absolute atomic E-state index is 0.178. The standard InChI is InChI=1S/C13H26N2O3/c1-10(2)14-12(13(16)17)8-15(3)7-11-5-4-6-18-9-11/h10-12,14H,4-9H2,1-3H3,(H,16,17). The molecule has 0 saturated carbocycles. The first-order valence-corrected chi connectivity index (χ1v) is 6.74. The monoisotopic (exact) mass is 258 g/mol. The first-order chi connectivity index (χ1) is 8.49. The highest BCUT2D eigenvalue weighted by Gasteiger charge is 2.22. The molecule has 2 unspecified atom stereocenters. The fraction of sp³-hybridized carbons (Fsp3) is 0.923. The van der Waals surface area contributed by atoms with Gasteiger partial charge in [-0.15, -0.1) is 0 Å². The molecule has 0 aromatic rings. The zero-order chi connectivity index (χ0) is 13.5. The number of aliphatic carboxylic acids is 1. The zero-order valence-corrected chi connectivity index (χ0v) is 11.7. The molecule has 0 amide bonds. The highest BCUT2D eigenvalue weighted by atomic mass is 16.5. The first-order valence-electron chi connectivity index (χ1n) is 6.74. The zero-order valence-electron chi connectivity index (χ0n) is 11.7. The highest BCUT2D eigenvalue weighted by Crippen LogP contribution is 2.14. The van der Waals surface area contributed by atoms with Crippen molar-refractivity contribution in [2.75, 3.05) is 33.4 Å². The molecule has 0 radical (unpaired) electrons. The number of ether oxygens (including phenoxy) is 1. The third kappa shape index (κ3) is 5.80. The molecule has 0 spiro atoms. The summed E-state index contributed by atoms with van der Waals surface area (Å²) in [5.74, 6) is -0.243. The number of rotatable bonds is 7. The Morgan fingerprint density at radius 3 is 2.78 bits per heavy atom. The number of nitrogens with zero attached hydrogens (tertiary/aromatic N) is 1. The van der Waals surface area contributed by atoms with E-state index in [0.717, 1.165) is 26.2 Å². The van der Waals surface area contributed by atoms with Crippen molar-refractivity contribution in [2.45, 2.75) is 38.8 Å². The van der Waals surface area contributed by atoms with Gasteiger partial charge in [0.05, 0.1) is 6.61 Å². The third-order valence-electron chi connectivity index (χ3n) is 3.15. The maximum absolute atomic E-state index is 11.1. The molecular weight excluding hydrogens is 232 g/mol. The van der Waals surface area contributed by atoms with Crippen LogP contribution >= 0.6 is 0 Å². The van der Waals surface area contributed by atoms with Crippen LogP contribution in [0.4, 0.5) is 0 Å². The number of carbonyl (C=O) groups is 1. The van der Waals surface area contributed by atoms with Crippen LogP contribution in [0, 0.1) is 5.92 Å². The quantitative estimate of drug-likeness (QED) is 0.707. The molecule has 1 heterocycles. The number of likely N-dealkylation sites (N-methyl/N-ethyl adjacent to an activating group) is 1. The van der Waals surface area contributed by atoms with E-state index in [1.54, 1.807) is 0 Å². The van der Waals surface area contributed by atoms with E-state index in [-0.39, 0.29) is 6.04 Å². The summed E-state index contributed by atoms with van der Waals surface area (Å²) in [5, 5.41) is 12.2. The number of hydrogen-bond donors (Lipinski definition) is 2. The fourth-order valence-electron chi connectivity index (χ4n) is 2.38. The molecule has 1 saturated heterocycles. The van der Waals surface area contributed by atoms with E-state index in [2.05, 4.69) is 10.2 Å². The van der Waals surface area contributed by atoms with Gasteiger partial charge >= 0.3 is 5.97 Å². The van der Waals surface area contributed by atoms with Crippen LogP contribution in [0.3, 0.4) is 0 Å². The summed E-state index contributed by atoms with van der Waals surface area (Å²) in [5.41, 5.74) is 0. The van der Waals surface area contributed by atoms with E-state index in [0.29, 0.717) is 12.5 Å². The molecule has 1 rings (SSSR count). The van der Waals surface area contributed by atoms with E-state index in [1.165, 1.54) is 6.42 Å². The SMILES string of the molecule is CC(C)NC(CN(C)CC1CCCOC1)C(=O)O. The Hall–Kier alpha value is -0.650. The maximum atomic E-state index is 11.1. The van der Waals surface area contributed by atoms with E-state index < -0.39 is 12.0 Å². The summed E-state index contributed by atoms with van der Waals surface area (Å²) >= 11 is 0. The summed E-state index contributed by atoms with van der Waals surface area (Å²) in [6.07, 6.45) is 2.30. The first kappa shape index (κ1) is 15.4. The summed E-state index contributed by atoms with van der Waals surface area (Å²) in [6, 6.07) is -0.322. The van der Waals surface area contributed by atoms with Crippen LogP contribution in [0.2, 0.25) is 0 Å². The molecule has 5 nitrogen and oxygen atoms in total. The average Bonchev–Trinajstić information content (AvgIpc) is 2.28. The molecule has 106 valence electrons. The Labute approximate surface area is 109 Å². The lowest BCUT2D eigenvalue weighted by Gasteiger charge is -2.29. The second-order valence-corrected chi connectivity index (χ2v) is 5.52. The molecule has 2 N–H and O–H groups in total. The van der Waals surface area contributed by atoms with E-state index >= 15 is 0 Å². The minimum atomic E-state index is -0.782. The van der Waals surface area contributed by atoms with E-state index in [9.17, 15) is 4.79 Å². The molecule has 0 aliphatic carbocycles. The molecule has 0 bridgehead atoms. The largest absolute Gasteiger partial charge is 0.480 e. The number of nitrogens with one attached hydrogen (secondary N) is 1. The van der Waals surface area contributed by atoms with Gasteiger partial charge in [0.2, 0.25) is 0 Å². The van der Waals surface area contributed by atoms with Crippen molar-refractivity contribution in [1.29, 1.82) is 0 Å². The van der Waals surface area contributed by atoms with Crippen LogP contribution in [-0.4, -0.2) is 61.4 Å². The van der Waals surface area contributed by atoms with Crippen molar-refractivity contribution in [2.24, 2.45) is 5.92 Å². The summed E-state index contributed by atoms with van der Waals surface area (Å²) in [4.78, 5) is 13.2. The Morgan fingerprint density at radius 2 is 2.28 bits per heavy atom. The number of carboxylic acids is 1. The Morgan fingerprint density at radius 1 is 1.56 bits per heavy atom. The van der Waals surface area contributed by atoms with Gasteiger partial charge in [0.15, 0.2) is 0 Å². The molecule has 5 heteroatoms. The van der Waals surface area contributed by atoms with Crippen LogP contribution in [0.25, 0.3) is 0 Å². The van der Waals surface area contributed by atoms with Gasteiger partial charge in [-0.2, -0.15) is 0 Å². The fourth-order valence-corrected chi connectivity index (χ4v) is 2.38. The van der Waals surface area contributed by atoms with Crippen molar-refractivity contribution in [3.05, 3.63) is 0 Å². The predicted octanol–water partition coefficient (Wildman–Crippen LogP) is 0.796. The summed E-state index contributed by atoms with van der Waals surface area (Å²) in [6.45, 7) is 7.04.